The van der Waals surface area contributed by atoms with Gasteiger partial charge in [-0.1, -0.05) is 88.4 Å². The van der Waals surface area contributed by atoms with Crippen LogP contribution in [0.4, 0.5) is 26.3 Å². The van der Waals surface area contributed by atoms with Gasteiger partial charge in [-0.25, -0.2) is 4.79 Å². The van der Waals surface area contributed by atoms with Crippen LogP contribution in [0.2, 0.25) is 0 Å². The molecule has 0 amide bonds. The largest absolute Gasteiger partial charge is 0.458 e. The van der Waals surface area contributed by atoms with Gasteiger partial charge in [-0.3, -0.25) is 0 Å². The molecule has 0 bridgehead atoms. The molecule has 0 saturated heterocycles. The fraction of sp³-hybridized carbons (Fsp3) is 0.414. The Kier molecular flexibility index (Phi) is 8.51. The molecule has 0 aliphatic heterocycles. The van der Waals surface area contributed by atoms with E-state index < -0.39 is 30.5 Å². The molecule has 206 valence electrons. The quantitative estimate of drug-likeness (QED) is 0.262. The zero-order valence-electron chi connectivity index (χ0n) is 21.5. The molecule has 0 radical (unpaired) electrons. The van der Waals surface area contributed by atoms with Gasteiger partial charge < -0.3 is 9.84 Å². The Balaban J connectivity index is 0.000000238. The smallest absolute Gasteiger partial charge is 0.437 e. The maximum atomic E-state index is 12.5. The first-order valence-electron chi connectivity index (χ1n) is 12.3. The summed E-state index contributed by atoms with van der Waals surface area (Å²) < 4.78 is 79.0. The first-order valence-corrected chi connectivity index (χ1v) is 12.3. The van der Waals surface area contributed by atoms with Crippen molar-refractivity contribution in [2.45, 2.75) is 76.4 Å². The summed E-state index contributed by atoms with van der Waals surface area (Å²) >= 11 is 0. The summed E-state index contributed by atoms with van der Waals surface area (Å²) in [5, 5.41) is 11.8. The first kappa shape index (κ1) is 29.5. The molecule has 9 heteroatoms. The number of carbonyl (C=O) groups is 1. The number of benzene rings is 3. The summed E-state index contributed by atoms with van der Waals surface area (Å²) in [6.07, 6.45) is -11.6. The van der Waals surface area contributed by atoms with Crippen molar-refractivity contribution >= 4 is 16.7 Å². The third-order valence-electron chi connectivity index (χ3n) is 7.35. The van der Waals surface area contributed by atoms with Crippen molar-refractivity contribution in [1.29, 1.82) is 0 Å². The molecule has 1 aliphatic carbocycles. The minimum absolute atomic E-state index is 0.196. The molecule has 1 N–H and O–H groups in total. The zero-order chi connectivity index (χ0) is 28.5. The van der Waals surface area contributed by atoms with E-state index in [2.05, 4.69) is 55.0 Å². The lowest BCUT2D eigenvalue weighted by Crippen LogP contribution is -2.62. The molecule has 3 aromatic carbocycles. The summed E-state index contributed by atoms with van der Waals surface area (Å²) in [5.41, 5.74) is -1.37. The van der Waals surface area contributed by atoms with Gasteiger partial charge in [0.2, 0.25) is 0 Å². The predicted molar refractivity (Wildman–Crippen MR) is 133 cm³/mol. The summed E-state index contributed by atoms with van der Waals surface area (Å²) in [5.74, 6) is -1.23. The number of hydrogen-bond acceptors (Lipinski definition) is 3. The van der Waals surface area contributed by atoms with E-state index in [9.17, 15) is 31.1 Å². The monoisotopic (exact) mass is 540 g/mol. The molecule has 0 saturated carbocycles. The lowest BCUT2D eigenvalue weighted by Gasteiger charge is -2.29. The summed E-state index contributed by atoms with van der Waals surface area (Å²) in [6, 6.07) is 19.5. The minimum atomic E-state index is -6.25. The Morgan fingerprint density at radius 1 is 0.868 bits per heavy atom. The van der Waals surface area contributed by atoms with Gasteiger partial charge >= 0.3 is 23.9 Å². The highest BCUT2D eigenvalue weighted by molar-refractivity contribution is 5.92. The van der Waals surface area contributed by atoms with E-state index >= 15 is 0 Å². The number of halogens is 6. The topological polar surface area (TPSA) is 46.5 Å². The van der Waals surface area contributed by atoms with Crippen molar-refractivity contribution in [3.8, 4) is 0 Å². The molecule has 0 aromatic heterocycles. The molecule has 1 aliphatic rings. The highest BCUT2D eigenvalue weighted by Gasteiger charge is 2.76. The van der Waals surface area contributed by atoms with E-state index in [1.165, 1.54) is 34.0 Å². The molecule has 3 aromatic rings. The van der Waals surface area contributed by atoms with Crippen LogP contribution in [0.1, 0.15) is 74.1 Å². The van der Waals surface area contributed by atoms with Crippen molar-refractivity contribution in [2.75, 3.05) is 0 Å². The van der Waals surface area contributed by atoms with Crippen molar-refractivity contribution in [1.82, 2.24) is 0 Å². The van der Waals surface area contributed by atoms with Gasteiger partial charge in [0.25, 0.3) is 0 Å². The number of ether oxygens (including phenoxy) is 1. The van der Waals surface area contributed by atoms with E-state index in [1.807, 2.05) is 13.8 Å². The zero-order valence-corrected chi connectivity index (χ0v) is 21.5. The summed E-state index contributed by atoms with van der Waals surface area (Å²) in [7, 11) is 0. The first-order chi connectivity index (χ1) is 17.6. The Morgan fingerprint density at radius 3 is 1.76 bits per heavy atom. The van der Waals surface area contributed by atoms with Gasteiger partial charge in [0.05, 0.1) is 0 Å². The van der Waals surface area contributed by atoms with Gasteiger partial charge in [-0.2, -0.15) is 26.3 Å². The highest BCUT2D eigenvalue weighted by Crippen LogP contribution is 2.46. The molecule has 3 atom stereocenters. The molecule has 0 fully saturated rings. The highest BCUT2D eigenvalue weighted by atomic mass is 19.4. The molecular weight excluding hydrogens is 510 g/mol. The maximum absolute atomic E-state index is 12.5. The van der Waals surface area contributed by atoms with Crippen molar-refractivity contribution in [3.05, 3.63) is 82.9 Å². The van der Waals surface area contributed by atoms with Crippen LogP contribution >= 0.6 is 0 Å². The molecule has 4 rings (SSSR count). The normalized spacial score (nSPS) is 18.1. The predicted octanol–water partition coefficient (Wildman–Crippen LogP) is 8.16. The number of aliphatic hydroxyl groups is 1. The number of esters is 1. The van der Waals surface area contributed by atoms with Crippen molar-refractivity contribution in [2.24, 2.45) is 0 Å². The number of hydrogen-bond donors (Lipinski definition) is 1. The van der Waals surface area contributed by atoms with Crippen LogP contribution in [0, 0.1) is 0 Å². The van der Waals surface area contributed by atoms with E-state index in [0.717, 1.165) is 12.0 Å². The Labute approximate surface area is 217 Å². The fourth-order valence-corrected chi connectivity index (χ4v) is 4.52. The van der Waals surface area contributed by atoms with Gasteiger partial charge in [0.15, 0.2) is 0 Å². The van der Waals surface area contributed by atoms with Gasteiger partial charge in [-0.05, 0) is 57.2 Å². The molecular formula is C29H30F6O3. The second kappa shape index (κ2) is 11.0. The average Bonchev–Trinajstić information content (AvgIpc) is 3.12. The third-order valence-corrected chi connectivity index (χ3v) is 7.35. The van der Waals surface area contributed by atoms with Gasteiger partial charge in [0, 0.05) is 0 Å². The van der Waals surface area contributed by atoms with Crippen LogP contribution in [-0.4, -0.2) is 29.0 Å². The number of rotatable bonds is 5. The SMILES string of the molecule is CC1c2cccc3cccc(c23)C1C.CCC(C)c1ccc(COC(=O)C(O)(C(F)(F)F)C(F)(F)F)cc1. The number of alkyl halides is 6. The Morgan fingerprint density at radius 2 is 1.34 bits per heavy atom. The van der Waals surface area contributed by atoms with E-state index in [4.69, 9.17) is 5.11 Å². The summed E-state index contributed by atoms with van der Waals surface area (Å²) in [4.78, 5) is 11.2. The molecule has 3 unspecified atom stereocenters. The van der Waals surface area contributed by atoms with E-state index in [-0.39, 0.29) is 11.5 Å². The maximum Gasteiger partial charge on any atom is 0.437 e. The average molecular weight is 541 g/mol. The lowest BCUT2D eigenvalue weighted by atomic mass is 9.94. The second-order valence-electron chi connectivity index (χ2n) is 9.70. The lowest BCUT2D eigenvalue weighted by molar-refractivity contribution is -0.357. The molecule has 0 spiro atoms. The third kappa shape index (κ3) is 5.53. The Bertz CT molecular complexity index is 1210. The van der Waals surface area contributed by atoms with Gasteiger partial charge in [0.1, 0.15) is 6.61 Å². The van der Waals surface area contributed by atoms with E-state index in [1.54, 1.807) is 12.1 Å². The standard InChI is InChI=1S/C15H16F6O3.C14H14/c1-3-9(2)11-6-4-10(5-7-11)8-24-12(22)13(23,14(16,17)18)15(19,20)21;1-9-10(2)13-8-4-6-11-5-3-7-12(9)14(11)13/h4-7,9,23H,3,8H2,1-2H3;3-10H,1-2H3. The van der Waals surface area contributed by atoms with E-state index in [0.29, 0.717) is 11.8 Å². The Hall–Kier alpha value is -3.07. The number of carbonyl (C=O) groups excluding carboxylic acids is 1. The van der Waals surface area contributed by atoms with Crippen LogP contribution in [0.3, 0.4) is 0 Å². The fourth-order valence-electron chi connectivity index (χ4n) is 4.52. The summed E-state index contributed by atoms with van der Waals surface area (Å²) in [6.45, 7) is 7.74. The van der Waals surface area contributed by atoms with Crippen LogP contribution < -0.4 is 0 Å². The van der Waals surface area contributed by atoms with Crippen molar-refractivity contribution in [3.63, 3.8) is 0 Å². The van der Waals surface area contributed by atoms with Crippen molar-refractivity contribution < 1.29 is 41.0 Å². The molecule has 38 heavy (non-hydrogen) atoms. The second-order valence-corrected chi connectivity index (χ2v) is 9.70. The van der Waals surface area contributed by atoms with Crippen LogP contribution in [-0.2, 0) is 16.1 Å². The van der Waals surface area contributed by atoms with Crippen LogP contribution in [0.15, 0.2) is 60.7 Å². The van der Waals surface area contributed by atoms with Crippen LogP contribution in [0.5, 0.6) is 0 Å². The van der Waals surface area contributed by atoms with Gasteiger partial charge in [-0.15, -0.1) is 0 Å². The molecule has 0 heterocycles. The van der Waals surface area contributed by atoms with Crippen LogP contribution in [0.25, 0.3) is 10.8 Å². The minimum Gasteiger partial charge on any atom is -0.458 e. The molecule has 3 nitrogen and oxygen atoms in total.